The Morgan fingerprint density at radius 3 is 2.94 bits per heavy atom. The Morgan fingerprint density at radius 1 is 1.44 bits per heavy atom. The summed E-state index contributed by atoms with van der Waals surface area (Å²) in [7, 11) is 1.98. The molecule has 0 saturated carbocycles. The van der Waals surface area contributed by atoms with Gasteiger partial charge in [0.2, 0.25) is 0 Å². The highest BCUT2D eigenvalue weighted by atomic mass is 32.2. The summed E-state index contributed by atoms with van der Waals surface area (Å²) in [6, 6.07) is 4.13. The molecule has 0 fully saturated rings. The number of hydrogen-bond acceptors (Lipinski definition) is 5. The summed E-state index contributed by atoms with van der Waals surface area (Å²) in [4.78, 5) is 2.34. The van der Waals surface area contributed by atoms with E-state index in [0.29, 0.717) is 6.54 Å². The topological polar surface area (TPSA) is 56.7 Å². The second-order valence-corrected chi connectivity index (χ2v) is 5.76. The van der Waals surface area contributed by atoms with E-state index in [0.717, 1.165) is 21.6 Å². The van der Waals surface area contributed by atoms with E-state index in [2.05, 4.69) is 28.1 Å². The first-order chi connectivity index (χ1) is 8.70. The monoisotopic (exact) mass is 278 g/mol. The third-order valence-electron chi connectivity index (χ3n) is 2.37. The molecule has 2 N–H and O–H groups in total. The van der Waals surface area contributed by atoms with Crippen LogP contribution in [0.2, 0.25) is 0 Å². The molecule has 0 aliphatic carbocycles. The third kappa shape index (κ3) is 3.13. The molecule has 2 aromatic heterocycles. The molecule has 0 radical (unpaired) electrons. The van der Waals surface area contributed by atoms with Crippen molar-refractivity contribution in [3.8, 4) is 11.8 Å². The third-order valence-corrected chi connectivity index (χ3v) is 4.62. The molecule has 4 nitrogen and oxygen atoms in total. The van der Waals surface area contributed by atoms with Gasteiger partial charge in [-0.05, 0) is 19.1 Å². The van der Waals surface area contributed by atoms with Crippen molar-refractivity contribution in [1.82, 2.24) is 14.8 Å². The van der Waals surface area contributed by atoms with Crippen LogP contribution in [0.15, 0.2) is 17.3 Å². The van der Waals surface area contributed by atoms with Crippen molar-refractivity contribution in [1.29, 1.82) is 0 Å². The van der Waals surface area contributed by atoms with Crippen LogP contribution in [0.25, 0.3) is 0 Å². The minimum Gasteiger partial charge on any atom is -0.320 e. The fourth-order valence-electron chi connectivity index (χ4n) is 1.31. The second-order valence-electron chi connectivity index (χ2n) is 3.65. The summed E-state index contributed by atoms with van der Waals surface area (Å²) in [5.41, 5.74) is 5.35. The van der Waals surface area contributed by atoms with Gasteiger partial charge in [0.15, 0.2) is 5.16 Å². The van der Waals surface area contributed by atoms with E-state index in [9.17, 15) is 0 Å². The number of thioether (sulfide) groups is 1. The van der Waals surface area contributed by atoms with Crippen LogP contribution in [-0.4, -0.2) is 21.3 Å². The van der Waals surface area contributed by atoms with E-state index < -0.39 is 0 Å². The fraction of sp³-hybridized carbons (Fsp3) is 0.333. The minimum absolute atomic E-state index is 0.403. The number of aryl methyl sites for hydroxylation is 1. The Labute approximate surface area is 115 Å². The Balaban J connectivity index is 1.98. The first-order valence-corrected chi connectivity index (χ1v) is 7.27. The van der Waals surface area contributed by atoms with Crippen LogP contribution in [0, 0.1) is 18.8 Å². The smallest absolute Gasteiger partial charge is 0.191 e. The van der Waals surface area contributed by atoms with Crippen molar-refractivity contribution in [3.63, 3.8) is 0 Å². The number of nitrogens with zero attached hydrogens (tertiary/aromatic N) is 3. The zero-order valence-electron chi connectivity index (χ0n) is 10.3. The van der Waals surface area contributed by atoms with Crippen LogP contribution >= 0.6 is 23.1 Å². The maximum absolute atomic E-state index is 5.35. The first-order valence-electron chi connectivity index (χ1n) is 5.47. The summed E-state index contributed by atoms with van der Waals surface area (Å²) < 4.78 is 1.99. The molecule has 0 amide bonds. The van der Waals surface area contributed by atoms with Gasteiger partial charge in [0.1, 0.15) is 5.82 Å². The average molecular weight is 278 g/mol. The number of aromatic nitrogens is 3. The Morgan fingerprint density at radius 2 is 2.28 bits per heavy atom. The highest BCUT2D eigenvalue weighted by Crippen LogP contribution is 2.25. The molecule has 0 aromatic carbocycles. The second kappa shape index (κ2) is 6.05. The van der Waals surface area contributed by atoms with E-state index in [1.807, 2.05) is 24.6 Å². The highest BCUT2D eigenvalue weighted by molar-refractivity contribution is 7.98. The van der Waals surface area contributed by atoms with E-state index >= 15 is 0 Å². The van der Waals surface area contributed by atoms with Gasteiger partial charge in [-0.15, -0.1) is 21.5 Å². The van der Waals surface area contributed by atoms with Gasteiger partial charge in [0, 0.05) is 17.7 Å². The number of rotatable bonds is 3. The summed E-state index contributed by atoms with van der Waals surface area (Å²) in [6.45, 7) is 2.35. The molecule has 94 valence electrons. The van der Waals surface area contributed by atoms with Crippen LogP contribution in [0.1, 0.15) is 15.6 Å². The average Bonchev–Trinajstić information content (AvgIpc) is 2.94. The lowest BCUT2D eigenvalue weighted by Gasteiger charge is -1.99. The largest absolute Gasteiger partial charge is 0.320 e. The summed E-state index contributed by atoms with van der Waals surface area (Å²) in [5.74, 6) is 7.72. The van der Waals surface area contributed by atoms with Gasteiger partial charge in [-0.3, -0.25) is 0 Å². The van der Waals surface area contributed by atoms with Crippen molar-refractivity contribution in [2.75, 3.05) is 6.54 Å². The molecule has 0 bridgehead atoms. The van der Waals surface area contributed by atoms with Gasteiger partial charge in [0.25, 0.3) is 0 Å². The predicted octanol–water partition coefficient (Wildman–Crippen LogP) is 1.79. The molecule has 6 heteroatoms. The molecule has 2 heterocycles. The Kier molecular flexibility index (Phi) is 4.42. The van der Waals surface area contributed by atoms with Gasteiger partial charge < -0.3 is 10.3 Å². The van der Waals surface area contributed by atoms with Crippen molar-refractivity contribution in [3.05, 3.63) is 27.7 Å². The number of hydrogen-bond donors (Lipinski definition) is 1. The van der Waals surface area contributed by atoms with E-state index in [4.69, 9.17) is 5.73 Å². The Bertz CT molecular complexity index is 589. The molecule has 0 atom stereocenters. The maximum atomic E-state index is 5.35. The van der Waals surface area contributed by atoms with Gasteiger partial charge in [-0.1, -0.05) is 23.6 Å². The van der Waals surface area contributed by atoms with Crippen molar-refractivity contribution < 1.29 is 0 Å². The fourth-order valence-corrected chi connectivity index (χ4v) is 3.19. The van der Waals surface area contributed by atoms with E-state index in [1.54, 1.807) is 23.1 Å². The number of nitrogens with two attached hydrogens (primary N) is 1. The first kappa shape index (κ1) is 13.1. The highest BCUT2D eigenvalue weighted by Gasteiger charge is 2.06. The summed E-state index contributed by atoms with van der Waals surface area (Å²) >= 11 is 3.38. The summed E-state index contributed by atoms with van der Waals surface area (Å²) in [6.07, 6.45) is 0. The van der Waals surface area contributed by atoms with Crippen LogP contribution in [-0.2, 0) is 12.8 Å². The number of thiophene rings is 1. The Hall–Kier alpha value is -1.29. The zero-order valence-corrected chi connectivity index (χ0v) is 11.9. The van der Waals surface area contributed by atoms with Gasteiger partial charge in [-0.25, -0.2) is 0 Å². The zero-order chi connectivity index (χ0) is 13.0. The molecule has 0 unspecified atom stereocenters. The lowest BCUT2D eigenvalue weighted by atomic mass is 10.4. The maximum Gasteiger partial charge on any atom is 0.191 e. The van der Waals surface area contributed by atoms with Crippen LogP contribution < -0.4 is 5.73 Å². The molecule has 0 saturated heterocycles. The minimum atomic E-state index is 0.403. The van der Waals surface area contributed by atoms with E-state index in [-0.39, 0.29) is 0 Å². The van der Waals surface area contributed by atoms with Crippen LogP contribution in [0.5, 0.6) is 0 Å². The lowest BCUT2D eigenvalue weighted by Crippen LogP contribution is -1.93. The van der Waals surface area contributed by atoms with E-state index in [1.165, 1.54) is 4.88 Å². The molecular weight excluding hydrogens is 264 g/mol. The molecule has 0 spiro atoms. The standard InChI is InChI=1S/C12H14N4S2/c1-9-14-15-12(16(9)2)17-8-11-6-5-10(18-11)4-3-7-13/h5-6H,7-8,13H2,1-2H3. The van der Waals surface area contributed by atoms with Crippen molar-refractivity contribution in [2.24, 2.45) is 12.8 Å². The van der Waals surface area contributed by atoms with Crippen molar-refractivity contribution >= 4 is 23.1 Å². The molecule has 2 rings (SSSR count). The quantitative estimate of drug-likeness (QED) is 0.687. The lowest BCUT2D eigenvalue weighted by molar-refractivity contribution is 0.765. The molecular formula is C12H14N4S2. The van der Waals surface area contributed by atoms with Crippen LogP contribution in [0.3, 0.4) is 0 Å². The normalized spacial score (nSPS) is 10.2. The van der Waals surface area contributed by atoms with Gasteiger partial charge >= 0.3 is 0 Å². The molecule has 18 heavy (non-hydrogen) atoms. The van der Waals surface area contributed by atoms with Gasteiger partial charge in [-0.2, -0.15) is 0 Å². The SMILES string of the molecule is Cc1nnc(SCc2ccc(C#CCN)s2)n1C. The van der Waals surface area contributed by atoms with Crippen LogP contribution in [0.4, 0.5) is 0 Å². The summed E-state index contributed by atoms with van der Waals surface area (Å²) in [5, 5.41) is 9.10. The molecule has 0 aliphatic rings. The molecule has 0 aliphatic heterocycles. The van der Waals surface area contributed by atoms with Gasteiger partial charge in [0.05, 0.1) is 11.4 Å². The predicted molar refractivity (Wildman–Crippen MR) is 75.6 cm³/mol. The van der Waals surface area contributed by atoms with Crippen molar-refractivity contribution in [2.45, 2.75) is 17.8 Å². The molecule has 2 aromatic rings.